The number of benzene rings is 1. The van der Waals surface area contributed by atoms with Crippen molar-refractivity contribution in [3.8, 4) is 5.75 Å². The molecule has 2 heterocycles. The van der Waals surface area contributed by atoms with Crippen LogP contribution in [-0.4, -0.2) is 37.2 Å². The first-order chi connectivity index (χ1) is 9.31. The number of hydrogen-bond acceptors (Lipinski definition) is 3. The van der Waals surface area contributed by atoms with E-state index in [1.165, 1.54) is 31.2 Å². The molecular formula is C16H24N2O. The highest BCUT2D eigenvalue weighted by molar-refractivity contribution is 5.33. The Morgan fingerprint density at radius 2 is 1.89 bits per heavy atom. The molecule has 2 unspecified atom stereocenters. The van der Waals surface area contributed by atoms with Crippen molar-refractivity contribution in [3.63, 3.8) is 0 Å². The molecule has 0 amide bonds. The Bertz CT molecular complexity index is 421. The summed E-state index contributed by atoms with van der Waals surface area (Å²) in [6.45, 7) is 1.04. The molecule has 104 valence electrons. The monoisotopic (exact) mass is 260 g/mol. The number of nitrogens with one attached hydrogen (secondary N) is 1. The summed E-state index contributed by atoms with van der Waals surface area (Å²) < 4.78 is 5.48. The van der Waals surface area contributed by atoms with Crippen molar-refractivity contribution in [1.82, 2.24) is 10.2 Å². The molecular weight excluding hydrogens is 236 g/mol. The maximum Gasteiger partial charge on any atom is 0.123 e. The summed E-state index contributed by atoms with van der Waals surface area (Å²) in [7, 11) is 3.86. The molecule has 3 rings (SSSR count). The summed E-state index contributed by atoms with van der Waals surface area (Å²) in [4.78, 5) is 2.70. The van der Waals surface area contributed by atoms with E-state index < -0.39 is 0 Å². The SMILES string of the molecule is CNC1CC2CCC(C1)N2Cc1ccccc1OC. The van der Waals surface area contributed by atoms with Crippen LogP contribution >= 0.6 is 0 Å². The van der Waals surface area contributed by atoms with Gasteiger partial charge in [-0.25, -0.2) is 0 Å². The number of methoxy groups -OCH3 is 1. The molecule has 1 N–H and O–H groups in total. The predicted molar refractivity (Wildman–Crippen MR) is 77.4 cm³/mol. The van der Waals surface area contributed by atoms with Gasteiger partial charge in [-0.05, 0) is 38.8 Å². The first-order valence-electron chi connectivity index (χ1n) is 7.36. The Kier molecular flexibility index (Phi) is 3.76. The second-order valence-electron chi connectivity index (χ2n) is 5.83. The molecule has 3 heteroatoms. The van der Waals surface area contributed by atoms with Crippen LogP contribution in [0.5, 0.6) is 5.75 Å². The maximum absolute atomic E-state index is 5.48. The van der Waals surface area contributed by atoms with E-state index in [1.807, 2.05) is 6.07 Å². The van der Waals surface area contributed by atoms with Gasteiger partial charge in [-0.2, -0.15) is 0 Å². The van der Waals surface area contributed by atoms with E-state index in [0.717, 1.165) is 24.4 Å². The average molecular weight is 260 g/mol. The van der Waals surface area contributed by atoms with Crippen molar-refractivity contribution in [1.29, 1.82) is 0 Å². The number of piperidine rings is 1. The van der Waals surface area contributed by atoms with Gasteiger partial charge in [0, 0.05) is 30.2 Å². The molecule has 2 aliphatic heterocycles. The van der Waals surface area contributed by atoms with Crippen molar-refractivity contribution in [2.75, 3.05) is 14.2 Å². The average Bonchev–Trinajstić information content (AvgIpc) is 2.70. The summed E-state index contributed by atoms with van der Waals surface area (Å²) in [6, 6.07) is 10.6. The van der Waals surface area contributed by atoms with Crippen LogP contribution in [0.4, 0.5) is 0 Å². The Balaban J connectivity index is 1.74. The summed E-state index contributed by atoms with van der Waals surface area (Å²) in [6.07, 6.45) is 5.31. The minimum Gasteiger partial charge on any atom is -0.496 e. The minimum atomic E-state index is 0.714. The Morgan fingerprint density at radius 1 is 1.21 bits per heavy atom. The van der Waals surface area contributed by atoms with Crippen LogP contribution in [0.3, 0.4) is 0 Å². The zero-order valence-corrected chi connectivity index (χ0v) is 11.9. The third kappa shape index (κ3) is 2.49. The highest BCUT2D eigenvalue weighted by Gasteiger charge is 2.40. The van der Waals surface area contributed by atoms with Crippen LogP contribution in [0.25, 0.3) is 0 Å². The van der Waals surface area contributed by atoms with Crippen LogP contribution in [0.1, 0.15) is 31.2 Å². The molecule has 2 saturated heterocycles. The summed E-state index contributed by atoms with van der Waals surface area (Å²) >= 11 is 0. The van der Waals surface area contributed by atoms with E-state index in [4.69, 9.17) is 4.74 Å². The van der Waals surface area contributed by atoms with Gasteiger partial charge in [-0.3, -0.25) is 4.90 Å². The Morgan fingerprint density at radius 3 is 2.53 bits per heavy atom. The quantitative estimate of drug-likeness (QED) is 0.900. The van der Waals surface area contributed by atoms with Gasteiger partial charge >= 0.3 is 0 Å². The van der Waals surface area contributed by atoms with Crippen molar-refractivity contribution >= 4 is 0 Å². The Labute approximate surface area is 115 Å². The molecule has 1 aromatic carbocycles. The van der Waals surface area contributed by atoms with E-state index in [1.54, 1.807) is 7.11 Å². The van der Waals surface area contributed by atoms with Gasteiger partial charge in [0.05, 0.1) is 7.11 Å². The smallest absolute Gasteiger partial charge is 0.123 e. The molecule has 2 fully saturated rings. The van der Waals surface area contributed by atoms with Crippen molar-refractivity contribution < 1.29 is 4.74 Å². The van der Waals surface area contributed by atoms with Crippen molar-refractivity contribution in [3.05, 3.63) is 29.8 Å². The van der Waals surface area contributed by atoms with Gasteiger partial charge in [0.1, 0.15) is 5.75 Å². The normalized spacial score (nSPS) is 30.5. The second-order valence-corrected chi connectivity index (χ2v) is 5.83. The number of ether oxygens (including phenoxy) is 1. The highest BCUT2D eigenvalue weighted by atomic mass is 16.5. The van der Waals surface area contributed by atoms with E-state index >= 15 is 0 Å². The predicted octanol–water partition coefficient (Wildman–Crippen LogP) is 2.41. The molecule has 0 spiro atoms. The zero-order chi connectivity index (χ0) is 13.2. The van der Waals surface area contributed by atoms with Crippen molar-refractivity contribution in [2.24, 2.45) is 0 Å². The minimum absolute atomic E-state index is 0.714. The molecule has 0 aromatic heterocycles. The molecule has 0 saturated carbocycles. The van der Waals surface area contributed by atoms with E-state index in [0.29, 0.717) is 6.04 Å². The lowest BCUT2D eigenvalue weighted by molar-refractivity contribution is 0.110. The summed E-state index contributed by atoms with van der Waals surface area (Å²) in [5.74, 6) is 1.03. The van der Waals surface area contributed by atoms with Crippen molar-refractivity contribution in [2.45, 2.75) is 50.4 Å². The number of fused-ring (bicyclic) bond motifs is 2. The van der Waals surface area contributed by atoms with Crippen LogP contribution in [0, 0.1) is 0 Å². The van der Waals surface area contributed by atoms with Gasteiger partial charge in [0.25, 0.3) is 0 Å². The fourth-order valence-corrected chi connectivity index (χ4v) is 3.80. The molecule has 2 bridgehead atoms. The topological polar surface area (TPSA) is 24.5 Å². The van der Waals surface area contributed by atoms with E-state index in [-0.39, 0.29) is 0 Å². The first kappa shape index (κ1) is 12.9. The van der Waals surface area contributed by atoms with Gasteiger partial charge in [-0.15, -0.1) is 0 Å². The summed E-state index contributed by atoms with van der Waals surface area (Å²) in [5, 5.41) is 3.46. The maximum atomic E-state index is 5.48. The molecule has 0 aliphatic carbocycles. The fourth-order valence-electron chi connectivity index (χ4n) is 3.80. The molecule has 2 atom stereocenters. The van der Waals surface area contributed by atoms with Crippen LogP contribution in [-0.2, 0) is 6.54 Å². The third-order valence-electron chi connectivity index (χ3n) is 4.84. The lowest BCUT2D eigenvalue weighted by atomic mass is 9.96. The fraction of sp³-hybridized carbons (Fsp3) is 0.625. The standard InChI is InChI=1S/C16H24N2O/c1-17-13-9-14-7-8-15(10-13)18(14)11-12-5-3-4-6-16(12)19-2/h3-6,13-15,17H,7-11H2,1-2H3. The molecule has 0 radical (unpaired) electrons. The number of rotatable bonds is 4. The van der Waals surface area contributed by atoms with Gasteiger partial charge in [-0.1, -0.05) is 18.2 Å². The third-order valence-corrected chi connectivity index (χ3v) is 4.84. The Hall–Kier alpha value is -1.06. The van der Waals surface area contributed by atoms with Crippen LogP contribution < -0.4 is 10.1 Å². The zero-order valence-electron chi connectivity index (χ0n) is 11.9. The number of nitrogens with zero attached hydrogens (tertiary/aromatic N) is 1. The van der Waals surface area contributed by atoms with Gasteiger partial charge in [0.15, 0.2) is 0 Å². The molecule has 1 aromatic rings. The lowest BCUT2D eigenvalue weighted by Crippen LogP contribution is -2.47. The van der Waals surface area contributed by atoms with Gasteiger partial charge in [0.2, 0.25) is 0 Å². The van der Waals surface area contributed by atoms with Crippen LogP contribution in [0.2, 0.25) is 0 Å². The molecule has 3 nitrogen and oxygen atoms in total. The van der Waals surface area contributed by atoms with Gasteiger partial charge < -0.3 is 10.1 Å². The first-order valence-corrected chi connectivity index (χ1v) is 7.36. The molecule has 2 aliphatic rings. The van der Waals surface area contributed by atoms with E-state index in [9.17, 15) is 0 Å². The molecule has 19 heavy (non-hydrogen) atoms. The largest absolute Gasteiger partial charge is 0.496 e. The van der Waals surface area contributed by atoms with Crippen LogP contribution in [0.15, 0.2) is 24.3 Å². The highest BCUT2D eigenvalue weighted by Crippen LogP contribution is 2.37. The second kappa shape index (κ2) is 5.51. The summed E-state index contributed by atoms with van der Waals surface area (Å²) in [5.41, 5.74) is 1.32. The number of para-hydroxylation sites is 1. The van der Waals surface area contributed by atoms with E-state index in [2.05, 4.69) is 35.5 Å². The number of hydrogen-bond donors (Lipinski definition) is 1. The lowest BCUT2D eigenvalue weighted by Gasteiger charge is -2.39.